The first-order valence-electron chi connectivity index (χ1n) is 14.7. The number of allylic oxidation sites excluding steroid dienone is 2. The van der Waals surface area contributed by atoms with E-state index in [0.717, 1.165) is 81.4 Å². The number of carbonyl (C=O) groups is 2. The van der Waals surface area contributed by atoms with Crippen molar-refractivity contribution in [2.24, 2.45) is 11.8 Å². The van der Waals surface area contributed by atoms with Crippen molar-refractivity contribution in [1.82, 2.24) is 4.90 Å². The van der Waals surface area contributed by atoms with E-state index in [2.05, 4.69) is 31.0 Å². The fourth-order valence-electron chi connectivity index (χ4n) is 5.88. The van der Waals surface area contributed by atoms with E-state index >= 15 is 0 Å². The van der Waals surface area contributed by atoms with Crippen molar-refractivity contribution in [3.05, 3.63) is 21.9 Å². The average molecular weight is 563 g/mol. The number of ether oxygens (including phenoxy) is 3. The Morgan fingerprint density at radius 2 is 1.85 bits per heavy atom. The van der Waals surface area contributed by atoms with Crippen LogP contribution in [0.1, 0.15) is 101 Å². The number of amides is 1. The zero-order chi connectivity index (χ0) is 27.9. The Morgan fingerprint density at radius 3 is 2.49 bits per heavy atom. The number of likely N-dealkylation sites (tertiary alicyclic amines) is 1. The number of aliphatic hydroxyl groups excluding tert-OH is 1. The van der Waals surface area contributed by atoms with E-state index in [4.69, 9.17) is 14.2 Å². The zero-order valence-electron chi connectivity index (χ0n) is 24.0. The van der Waals surface area contributed by atoms with Gasteiger partial charge in [0.2, 0.25) is 5.91 Å². The minimum Gasteiger partial charge on any atom is -0.432 e. The predicted octanol–water partition coefficient (Wildman–Crippen LogP) is 6.49. The molecule has 3 aliphatic rings. The number of anilines is 1. The Morgan fingerprint density at radius 1 is 1.13 bits per heavy atom. The standard InChI is InChI=1S/C30H46N2O6S/c1-20(2)38-30(35)37-19-36-29(34)27-25(18-26(39-27)22-8-6-5-7-9-22)32(24-14-16-31(4)17-15-24)28(33)23-12-10-21(3)11-13-23/h8,18,20-21,23-24,29,34H,5-7,9-17,19H2,1-4H3. The van der Waals surface area contributed by atoms with Crippen LogP contribution in [0.3, 0.4) is 0 Å². The molecule has 218 valence electrons. The van der Waals surface area contributed by atoms with E-state index in [9.17, 15) is 14.7 Å². The van der Waals surface area contributed by atoms with Crippen molar-refractivity contribution in [3.8, 4) is 0 Å². The lowest BCUT2D eigenvalue weighted by Crippen LogP contribution is -2.49. The average Bonchev–Trinajstić information content (AvgIpc) is 3.35. The number of nitrogens with zero attached hydrogens (tertiary/aromatic N) is 2. The van der Waals surface area contributed by atoms with E-state index < -0.39 is 19.2 Å². The van der Waals surface area contributed by atoms with Gasteiger partial charge in [-0.05, 0) is 116 Å². The molecule has 1 saturated carbocycles. The fraction of sp³-hybridized carbons (Fsp3) is 0.733. The van der Waals surface area contributed by atoms with E-state index in [1.54, 1.807) is 13.8 Å². The summed E-state index contributed by atoms with van der Waals surface area (Å²) < 4.78 is 15.6. The van der Waals surface area contributed by atoms with Gasteiger partial charge in [0.25, 0.3) is 0 Å². The Kier molecular flexibility index (Phi) is 10.9. The molecule has 2 aliphatic carbocycles. The summed E-state index contributed by atoms with van der Waals surface area (Å²) in [5.74, 6) is 0.826. The van der Waals surface area contributed by atoms with Crippen LogP contribution in [0.25, 0.3) is 5.57 Å². The molecule has 1 saturated heterocycles. The number of aliphatic hydroxyl groups is 1. The lowest BCUT2D eigenvalue weighted by atomic mass is 9.82. The third-order valence-electron chi connectivity index (χ3n) is 8.22. The first-order chi connectivity index (χ1) is 18.7. The van der Waals surface area contributed by atoms with Gasteiger partial charge < -0.3 is 29.1 Å². The molecule has 1 atom stereocenters. The van der Waals surface area contributed by atoms with Gasteiger partial charge in [-0.25, -0.2) is 4.79 Å². The first-order valence-corrected chi connectivity index (χ1v) is 15.5. The van der Waals surface area contributed by atoms with Crippen LogP contribution in [-0.4, -0.2) is 61.1 Å². The smallest absolute Gasteiger partial charge is 0.432 e. The van der Waals surface area contributed by atoms with Crippen molar-refractivity contribution >= 4 is 34.7 Å². The van der Waals surface area contributed by atoms with Crippen LogP contribution in [0.4, 0.5) is 10.5 Å². The minimum atomic E-state index is -1.33. The Labute approximate surface area is 237 Å². The van der Waals surface area contributed by atoms with E-state index in [-0.39, 0.29) is 24.0 Å². The Hall–Kier alpha value is -1.94. The van der Waals surface area contributed by atoms with Gasteiger partial charge in [-0.15, -0.1) is 11.3 Å². The fourth-order valence-corrected chi connectivity index (χ4v) is 7.04. The molecular formula is C30H46N2O6S. The van der Waals surface area contributed by atoms with Crippen molar-refractivity contribution in [2.45, 2.75) is 103 Å². The van der Waals surface area contributed by atoms with Crippen LogP contribution < -0.4 is 4.90 Å². The number of hydrogen-bond donors (Lipinski definition) is 1. The van der Waals surface area contributed by atoms with Gasteiger partial charge in [-0.1, -0.05) is 13.0 Å². The lowest BCUT2D eigenvalue weighted by molar-refractivity contribution is -0.161. The molecule has 1 unspecified atom stereocenters. The number of hydrogen-bond acceptors (Lipinski definition) is 8. The van der Waals surface area contributed by atoms with Crippen molar-refractivity contribution in [3.63, 3.8) is 0 Å². The Bertz CT molecular complexity index is 992. The van der Waals surface area contributed by atoms with Crippen LogP contribution in [0, 0.1) is 11.8 Å². The minimum absolute atomic E-state index is 0.00171. The third kappa shape index (κ3) is 8.06. The maximum absolute atomic E-state index is 14.2. The SMILES string of the molecule is CC1CCC(C(=O)N(c2cc(C3=CCCCC3)sc2C(O)OCOC(=O)OC(C)C)C2CCN(C)CC2)CC1. The van der Waals surface area contributed by atoms with Gasteiger partial charge in [-0.3, -0.25) is 4.79 Å². The quantitative estimate of drug-likeness (QED) is 0.272. The number of rotatable bonds is 9. The molecule has 1 amide bonds. The largest absolute Gasteiger partial charge is 0.510 e. The summed E-state index contributed by atoms with van der Waals surface area (Å²) >= 11 is 1.48. The molecule has 1 aromatic heterocycles. The molecule has 2 heterocycles. The van der Waals surface area contributed by atoms with Crippen LogP contribution in [0.5, 0.6) is 0 Å². The maximum atomic E-state index is 14.2. The predicted molar refractivity (Wildman–Crippen MR) is 154 cm³/mol. The van der Waals surface area contributed by atoms with Gasteiger partial charge >= 0.3 is 6.16 Å². The van der Waals surface area contributed by atoms with Gasteiger partial charge in [0.05, 0.1) is 16.7 Å². The Balaban J connectivity index is 1.63. The molecule has 9 heteroatoms. The summed E-state index contributed by atoms with van der Waals surface area (Å²) in [4.78, 5) is 32.0. The summed E-state index contributed by atoms with van der Waals surface area (Å²) in [6, 6.07) is 2.17. The second-order valence-corrected chi connectivity index (χ2v) is 12.8. The molecule has 0 bridgehead atoms. The van der Waals surface area contributed by atoms with Gasteiger partial charge in [-0.2, -0.15) is 0 Å². The molecule has 39 heavy (non-hydrogen) atoms. The van der Waals surface area contributed by atoms with Gasteiger partial charge in [0, 0.05) is 16.8 Å². The molecule has 2 fully saturated rings. The summed E-state index contributed by atoms with van der Waals surface area (Å²) in [5, 5.41) is 11.2. The molecule has 0 spiro atoms. The number of carbonyl (C=O) groups excluding carboxylic acids is 2. The molecule has 1 aliphatic heterocycles. The highest BCUT2D eigenvalue weighted by Crippen LogP contribution is 2.44. The van der Waals surface area contributed by atoms with Gasteiger partial charge in [0.15, 0.2) is 13.1 Å². The van der Waals surface area contributed by atoms with Crippen molar-refractivity contribution in [2.75, 3.05) is 31.8 Å². The van der Waals surface area contributed by atoms with E-state index in [1.165, 1.54) is 23.3 Å². The topological polar surface area (TPSA) is 88.5 Å². The zero-order valence-corrected chi connectivity index (χ0v) is 24.8. The second-order valence-electron chi connectivity index (χ2n) is 11.7. The van der Waals surface area contributed by atoms with Crippen molar-refractivity contribution < 1.29 is 28.9 Å². The first kappa shape index (κ1) is 30.0. The monoisotopic (exact) mass is 562 g/mol. The third-order valence-corrected chi connectivity index (χ3v) is 9.45. The van der Waals surface area contributed by atoms with Crippen LogP contribution >= 0.6 is 11.3 Å². The molecule has 0 radical (unpaired) electrons. The molecule has 0 aromatic carbocycles. The highest BCUT2D eigenvalue weighted by atomic mass is 32.1. The number of thiophene rings is 1. The van der Waals surface area contributed by atoms with Crippen LogP contribution in [-0.2, 0) is 19.0 Å². The molecule has 8 nitrogen and oxygen atoms in total. The summed E-state index contributed by atoms with van der Waals surface area (Å²) in [5.41, 5.74) is 2.02. The number of piperidine rings is 1. The molecule has 1 N–H and O–H groups in total. The highest BCUT2D eigenvalue weighted by Gasteiger charge is 2.37. The molecule has 4 rings (SSSR count). The summed E-state index contributed by atoms with van der Waals surface area (Å²) in [6.45, 7) is 7.15. The van der Waals surface area contributed by atoms with Gasteiger partial charge in [0.1, 0.15) is 0 Å². The van der Waals surface area contributed by atoms with Crippen LogP contribution in [0.2, 0.25) is 0 Å². The summed E-state index contributed by atoms with van der Waals surface area (Å²) in [7, 11) is 2.12. The van der Waals surface area contributed by atoms with E-state index in [0.29, 0.717) is 10.8 Å². The summed E-state index contributed by atoms with van der Waals surface area (Å²) in [6.07, 6.45) is 9.89. The lowest BCUT2D eigenvalue weighted by Gasteiger charge is -2.40. The van der Waals surface area contributed by atoms with E-state index in [1.807, 2.05) is 4.90 Å². The van der Waals surface area contributed by atoms with Crippen molar-refractivity contribution in [1.29, 1.82) is 0 Å². The van der Waals surface area contributed by atoms with Crippen LogP contribution in [0.15, 0.2) is 12.1 Å². The maximum Gasteiger partial charge on any atom is 0.510 e. The normalized spacial score (nSPS) is 23.8. The molecular weight excluding hydrogens is 516 g/mol. The highest BCUT2D eigenvalue weighted by molar-refractivity contribution is 7.13. The molecule has 1 aromatic rings. The second kappa shape index (κ2) is 14.1.